The minimum absolute atomic E-state index is 0.607. The molecule has 0 bridgehead atoms. The molecule has 0 radical (unpaired) electrons. The number of aromatic nitrogens is 7. The molecule has 0 fully saturated rings. The standard InChI is InChI=1S/C95H71N7/c1-56-29-39-80-69(47-56)70-48-57(2)30-40-81(70)99(80)91-88(68-37-38-77(64-21-13-9-14-22-64)96-90(68)66-25-17-11-18-26-66)92(100-82-41-31-58(3)49-71(82)72-50-59(4)32-42-83(72)100)94(102-86-45-35-62(7)53-75(86)76-54-63(8)36-46-87(76)102)89(93(91)101-84-43-33-60(5)51-73(84)74-52-61(6)34-44-85(74)101)79-55-78(65-23-15-10-16-24-65)97-95(98-79)67-27-19-12-20-28-67/h9-55H,1-8H3. The van der Waals surface area contributed by atoms with Crippen molar-refractivity contribution < 1.29 is 0 Å². The van der Waals surface area contributed by atoms with Crippen molar-refractivity contribution in [3.63, 3.8) is 0 Å². The van der Waals surface area contributed by atoms with E-state index in [9.17, 15) is 0 Å². The molecule has 0 saturated carbocycles. The minimum Gasteiger partial charge on any atom is -0.306 e. The Morgan fingerprint density at radius 1 is 0.206 bits per heavy atom. The van der Waals surface area contributed by atoms with E-state index in [1.54, 1.807) is 0 Å². The van der Waals surface area contributed by atoms with Crippen molar-refractivity contribution in [2.24, 2.45) is 0 Å². The Balaban J connectivity index is 1.21. The maximum absolute atomic E-state index is 6.20. The summed E-state index contributed by atoms with van der Waals surface area (Å²) in [6.07, 6.45) is 0. The van der Waals surface area contributed by atoms with Gasteiger partial charge >= 0.3 is 0 Å². The van der Waals surface area contributed by atoms with Gasteiger partial charge in [-0.3, -0.25) is 0 Å². The quantitative estimate of drug-likeness (QED) is 0.137. The topological polar surface area (TPSA) is 58.4 Å². The zero-order valence-electron chi connectivity index (χ0n) is 58.3. The zero-order valence-corrected chi connectivity index (χ0v) is 58.3. The SMILES string of the molecule is Cc1ccc2c(c1)c1cc(C)ccc1n2-c1c(-c2cc(-c3ccccc3)nc(-c3ccccc3)n2)c(-n2c3ccc(C)cc3c3cc(C)ccc32)c(-n2c3ccc(C)cc3c3cc(C)ccc32)c(-c2ccc(-c3ccccc3)nc2-c2ccccc2)c1-n1c2ccc(C)cc2c2cc(C)ccc21. The number of hydrogen-bond acceptors (Lipinski definition) is 3. The predicted octanol–water partition coefficient (Wildman–Crippen LogP) is 24.7. The van der Waals surface area contributed by atoms with Gasteiger partial charge in [-0.1, -0.05) is 214 Å². The zero-order chi connectivity index (χ0) is 68.8. The summed E-state index contributed by atoms with van der Waals surface area (Å²) in [7, 11) is 0. The summed E-state index contributed by atoms with van der Waals surface area (Å²) < 4.78 is 10.5. The minimum atomic E-state index is 0.607. The fourth-order valence-corrected chi connectivity index (χ4v) is 16.3. The first-order chi connectivity index (χ1) is 49.9. The lowest BCUT2D eigenvalue weighted by Gasteiger charge is -2.32. The summed E-state index contributed by atoms with van der Waals surface area (Å²) in [6, 6.07) is 106. The van der Waals surface area contributed by atoms with Gasteiger partial charge in [0.05, 0.1) is 95.2 Å². The summed E-state index contributed by atoms with van der Waals surface area (Å²) in [4.78, 5) is 17.9. The van der Waals surface area contributed by atoms with Gasteiger partial charge in [-0.25, -0.2) is 15.0 Å². The summed E-state index contributed by atoms with van der Waals surface area (Å²) in [5.74, 6) is 0.607. The van der Waals surface area contributed by atoms with E-state index in [4.69, 9.17) is 15.0 Å². The van der Waals surface area contributed by atoms with E-state index in [0.29, 0.717) is 5.82 Å². The lowest BCUT2D eigenvalue weighted by molar-refractivity contribution is 1.04. The Kier molecular flexibility index (Phi) is 13.9. The van der Waals surface area contributed by atoms with Crippen molar-refractivity contribution in [3.8, 4) is 90.3 Å². The van der Waals surface area contributed by atoms with Gasteiger partial charge in [-0.15, -0.1) is 0 Å². The van der Waals surface area contributed by atoms with E-state index in [1.165, 1.54) is 44.5 Å². The van der Waals surface area contributed by atoms with Gasteiger partial charge in [0.2, 0.25) is 0 Å². The van der Waals surface area contributed by atoms with E-state index in [1.807, 2.05) is 0 Å². The Bertz CT molecular complexity index is 6110. The normalized spacial score (nSPS) is 11.9. The molecule has 0 amide bonds. The summed E-state index contributed by atoms with van der Waals surface area (Å²) >= 11 is 0. The van der Waals surface area contributed by atoms with Crippen molar-refractivity contribution in [1.29, 1.82) is 0 Å². The number of hydrogen-bond donors (Lipinski definition) is 0. The molecular formula is C95H71N7. The molecule has 7 nitrogen and oxygen atoms in total. The molecule has 6 heterocycles. The molecule has 0 spiro atoms. The molecule has 486 valence electrons. The molecule has 7 heteroatoms. The number of nitrogens with zero attached hydrogens (tertiary/aromatic N) is 7. The molecule has 102 heavy (non-hydrogen) atoms. The van der Waals surface area contributed by atoms with Crippen molar-refractivity contribution >= 4 is 87.2 Å². The second-order valence-corrected chi connectivity index (χ2v) is 28.2. The molecule has 0 aliphatic rings. The number of rotatable bonds is 10. The summed E-state index contributed by atoms with van der Waals surface area (Å²) in [6.45, 7) is 17.8. The van der Waals surface area contributed by atoms with Crippen LogP contribution in [0.25, 0.3) is 178 Å². The third-order valence-electron chi connectivity index (χ3n) is 21.0. The van der Waals surface area contributed by atoms with Gasteiger partial charge < -0.3 is 18.3 Å². The number of aryl methyl sites for hydroxylation is 8. The van der Waals surface area contributed by atoms with Crippen LogP contribution in [0.2, 0.25) is 0 Å². The van der Waals surface area contributed by atoms with Gasteiger partial charge in [0.15, 0.2) is 5.82 Å². The van der Waals surface area contributed by atoms with Crippen LogP contribution < -0.4 is 0 Å². The van der Waals surface area contributed by atoms with Gasteiger partial charge in [0, 0.05) is 76.5 Å². The van der Waals surface area contributed by atoms with E-state index in [0.717, 1.165) is 172 Å². The highest BCUT2D eigenvalue weighted by atomic mass is 15.1. The van der Waals surface area contributed by atoms with E-state index < -0.39 is 0 Å². The maximum atomic E-state index is 6.20. The second-order valence-electron chi connectivity index (χ2n) is 28.2. The van der Waals surface area contributed by atoms with Crippen LogP contribution in [0.3, 0.4) is 0 Å². The highest BCUT2D eigenvalue weighted by Crippen LogP contribution is 2.56. The molecular weight excluding hydrogens is 1240 g/mol. The number of pyridine rings is 1. The molecule has 0 unspecified atom stereocenters. The van der Waals surface area contributed by atoms with Crippen LogP contribution >= 0.6 is 0 Å². The van der Waals surface area contributed by atoms with Crippen molar-refractivity contribution in [2.45, 2.75) is 55.4 Å². The smallest absolute Gasteiger partial charge is 0.160 e. The van der Waals surface area contributed by atoms with Crippen molar-refractivity contribution in [2.75, 3.05) is 0 Å². The molecule has 0 saturated heterocycles. The molecule has 6 aromatic heterocycles. The molecule has 0 aliphatic heterocycles. The summed E-state index contributed by atoms with van der Waals surface area (Å²) in [5.41, 5.74) is 31.6. The average molecular weight is 1310 g/mol. The number of benzene rings is 13. The lowest BCUT2D eigenvalue weighted by atomic mass is 9.89. The molecule has 0 N–H and O–H groups in total. The van der Waals surface area contributed by atoms with Gasteiger partial charge in [-0.2, -0.15) is 0 Å². The molecule has 0 atom stereocenters. The second kappa shape index (κ2) is 23.5. The largest absolute Gasteiger partial charge is 0.306 e. The van der Waals surface area contributed by atoms with Gasteiger partial charge in [0.1, 0.15) is 0 Å². The Labute approximate surface area is 592 Å². The van der Waals surface area contributed by atoms with Crippen molar-refractivity contribution in [1.82, 2.24) is 33.2 Å². The molecule has 19 aromatic rings. The first kappa shape index (κ1) is 60.5. The summed E-state index contributed by atoms with van der Waals surface area (Å²) in [5, 5.41) is 9.23. The third-order valence-corrected chi connectivity index (χ3v) is 21.0. The van der Waals surface area contributed by atoms with Crippen LogP contribution in [0.1, 0.15) is 44.5 Å². The van der Waals surface area contributed by atoms with Gasteiger partial charge in [-0.05, 0) is 171 Å². The third kappa shape index (κ3) is 9.59. The van der Waals surface area contributed by atoms with Crippen LogP contribution in [-0.2, 0) is 0 Å². The lowest BCUT2D eigenvalue weighted by Crippen LogP contribution is -2.17. The maximum Gasteiger partial charge on any atom is 0.160 e. The fraction of sp³-hybridized carbons (Fsp3) is 0.0842. The van der Waals surface area contributed by atoms with Crippen molar-refractivity contribution in [3.05, 3.63) is 330 Å². The predicted molar refractivity (Wildman–Crippen MR) is 428 cm³/mol. The van der Waals surface area contributed by atoms with Crippen LogP contribution in [-0.4, -0.2) is 33.2 Å². The molecule has 19 rings (SSSR count). The highest BCUT2D eigenvalue weighted by Gasteiger charge is 2.38. The van der Waals surface area contributed by atoms with Crippen LogP contribution in [0.15, 0.2) is 285 Å². The first-order valence-electron chi connectivity index (χ1n) is 35.3. The van der Waals surface area contributed by atoms with E-state index in [-0.39, 0.29) is 0 Å². The molecule has 0 aliphatic carbocycles. The van der Waals surface area contributed by atoms with E-state index >= 15 is 0 Å². The number of fused-ring (bicyclic) bond motifs is 12. The van der Waals surface area contributed by atoms with Gasteiger partial charge in [0.25, 0.3) is 0 Å². The van der Waals surface area contributed by atoms with E-state index in [2.05, 4.69) is 359 Å². The Hall–Kier alpha value is -12.7. The van der Waals surface area contributed by atoms with Crippen LogP contribution in [0.5, 0.6) is 0 Å². The van der Waals surface area contributed by atoms with Crippen LogP contribution in [0.4, 0.5) is 0 Å². The monoisotopic (exact) mass is 1310 g/mol. The Morgan fingerprint density at radius 3 is 0.784 bits per heavy atom. The average Bonchev–Trinajstić information content (AvgIpc) is 1.41. The van der Waals surface area contributed by atoms with Crippen LogP contribution in [0, 0.1) is 55.4 Å². The molecule has 13 aromatic carbocycles. The fourth-order valence-electron chi connectivity index (χ4n) is 16.3. The highest BCUT2D eigenvalue weighted by molar-refractivity contribution is 6.19. The Morgan fingerprint density at radius 2 is 0.471 bits per heavy atom. The first-order valence-corrected chi connectivity index (χ1v) is 35.3.